The number of nitro benzene ring substituents is 1. The second-order valence-electron chi connectivity index (χ2n) is 5.75. The average molecular weight is 382 g/mol. The van der Waals surface area contributed by atoms with Gasteiger partial charge in [0, 0.05) is 36.2 Å². The Morgan fingerprint density at radius 3 is 2.74 bits per heavy atom. The molecule has 0 amide bonds. The molecule has 0 saturated heterocycles. The molecule has 0 saturated carbocycles. The van der Waals surface area contributed by atoms with E-state index in [1.165, 1.54) is 18.5 Å². The Morgan fingerprint density at radius 2 is 1.96 bits per heavy atom. The van der Waals surface area contributed by atoms with E-state index in [1.807, 2.05) is 18.2 Å². The monoisotopic (exact) mass is 381 g/mol. The standard InChI is InChI=1S/C18H12ClN5O3/c1-23(17-9-16(22-27-17)12-4-2-3-5-14(12)19)18-13-7-6-11(24(25)26)8-15(13)20-10-21-18/h2-10H,1H3. The van der Waals surface area contributed by atoms with E-state index < -0.39 is 4.92 Å². The third kappa shape index (κ3) is 3.06. The first kappa shape index (κ1) is 16.9. The maximum absolute atomic E-state index is 11.0. The maximum atomic E-state index is 11.0. The molecule has 0 atom stereocenters. The lowest BCUT2D eigenvalue weighted by Gasteiger charge is -2.15. The summed E-state index contributed by atoms with van der Waals surface area (Å²) in [6.07, 6.45) is 1.35. The van der Waals surface area contributed by atoms with Crippen molar-refractivity contribution >= 4 is 39.9 Å². The van der Waals surface area contributed by atoms with Crippen molar-refractivity contribution in [3.8, 4) is 11.3 Å². The third-order valence-electron chi connectivity index (χ3n) is 4.11. The minimum absolute atomic E-state index is 0.0320. The second-order valence-corrected chi connectivity index (χ2v) is 6.15. The van der Waals surface area contributed by atoms with Gasteiger partial charge in [0.05, 0.1) is 15.5 Å². The van der Waals surface area contributed by atoms with E-state index in [2.05, 4.69) is 15.1 Å². The van der Waals surface area contributed by atoms with Gasteiger partial charge in [0.25, 0.3) is 5.69 Å². The van der Waals surface area contributed by atoms with Gasteiger partial charge in [0.1, 0.15) is 17.8 Å². The number of hydrogen-bond donors (Lipinski definition) is 0. The van der Waals surface area contributed by atoms with Crippen molar-refractivity contribution in [3.63, 3.8) is 0 Å². The van der Waals surface area contributed by atoms with Crippen molar-refractivity contribution in [2.75, 3.05) is 11.9 Å². The molecule has 0 spiro atoms. The van der Waals surface area contributed by atoms with Crippen molar-refractivity contribution < 1.29 is 9.45 Å². The lowest BCUT2D eigenvalue weighted by Crippen LogP contribution is -2.11. The SMILES string of the molecule is CN(c1cc(-c2ccccc2Cl)no1)c1ncnc2cc([N+](=O)[O-])ccc12. The molecule has 2 aromatic carbocycles. The van der Waals surface area contributed by atoms with Crippen LogP contribution in [-0.2, 0) is 0 Å². The molecule has 4 rings (SSSR count). The Hall–Kier alpha value is -3.52. The van der Waals surface area contributed by atoms with Crippen LogP contribution in [0.1, 0.15) is 0 Å². The van der Waals surface area contributed by atoms with Crippen LogP contribution in [0.2, 0.25) is 5.02 Å². The number of halogens is 1. The number of hydrogen-bond acceptors (Lipinski definition) is 7. The normalized spacial score (nSPS) is 10.9. The molecule has 27 heavy (non-hydrogen) atoms. The maximum Gasteiger partial charge on any atom is 0.271 e. The van der Waals surface area contributed by atoms with Gasteiger partial charge in [0.2, 0.25) is 5.88 Å². The van der Waals surface area contributed by atoms with E-state index in [9.17, 15) is 10.1 Å². The lowest BCUT2D eigenvalue weighted by molar-refractivity contribution is -0.384. The smallest absolute Gasteiger partial charge is 0.271 e. The third-order valence-corrected chi connectivity index (χ3v) is 4.44. The molecule has 134 valence electrons. The molecule has 8 nitrogen and oxygen atoms in total. The number of nitro groups is 1. The highest BCUT2D eigenvalue weighted by Crippen LogP contribution is 2.33. The predicted octanol–water partition coefficient (Wildman–Crippen LogP) is 4.61. The quantitative estimate of drug-likeness (QED) is 0.376. The molecule has 0 unspecified atom stereocenters. The van der Waals surface area contributed by atoms with E-state index in [1.54, 1.807) is 30.1 Å². The van der Waals surface area contributed by atoms with Crippen molar-refractivity contribution in [2.24, 2.45) is 0 Å². The highest BCUT2D eigenvalue weighted by Gasteiger charge is 2.18. The van der Waals surface area contributed by atoms with Gasteiger partial charge in [-0.1, -0.05) is 35.0 Å². The van der Waals surface area contributed by atoms with E-state index in [0.29, 0.717) is 33.3 Å². The largest absolute Gasteiger partial charge is 0.338 e. The second kappa shape index (κ2) is 6.65. The number of rotatable bonds is 4. The van der Waals surface area contributed by atoms with Crippen LogP contribution >= 0.6 is 11.6 Å². The molecular weight excluding hydrogens is 370 g/mol. The van der Waals surface area contributed by atoms with E-state index in [4.69, 9.17) is 16.1 Å². The Labute approximate surface area is 158 Å². The molecule has 9 heteroatoms. The van der Waals surface area contributed by atoms with Gasteiger partial charge in [-0.15, -0.1) is 0 Å². The van der Waals surface area contributed by atoms with Gasteiger partial charge < -0.3 is 4.52 Å². The number of aromatic nitrogens is 3. The van der Waals surface area contributed by atoms with Crippen LogP contribution in [0.4, 0.5) is 17.4 Å². The van der Waals surface area contributed by atoms with Crippen LogP contribution in [0.15, 0.2) is 59.4 Å². The van der Waals surface area contributed by atoms with Crippen LogP contribution in [0.25, 0.3) is 22.2 Å². The molecule has 0 aliphatic rings. The Bertz CT molecular complexity index is 1160. The topological polar surface area (TPSA) is 98.2 Å². The molecule has 0 radical (unpaired) electrons. The number of fused-ring (bicyclic) bond motifs is 1. The highest BCUT2D eigenvalue weighted by molar-refractivity contribution is 6.33. The fourth-order valence-corrected chi connectivity index (χ4v) is 2.97. The average Bonchev–Trinajstić information content (AvgIpc) is 3.16. The summed E-state index contributed by atoms with van der Waals surface area (Å²) in [5.74, 6) is 0.986. The van der Waals surface area contributed by atoms with Gasteiger partial charge >= 0.3 is 0 Å². The van der Waals surface area contributed by atoms with Crippen LogP contribution < -0.4 is 4.90 Å². The van der Waals surface area contributed by atoms with Gasteiger partial charge in [0.15, 0.2) is 0 Å². The Morgan fingerprint density at radius 1 is 1.15 bits per heavy atom. The molecule has 0 N–H and O–H groups in total. The van der Waals surface area contributed by atoms with Crippen LogP contribution in [-0.4, -0.2) is 27.1 Å². The number of non-ortho nitro benzene ring substituents is 1. The van der Waals surface area contributed by atoms with Crippen molar-refractivity contribution in [1.82, 2.24) is 15.1 Å². The fraction of sp³-hybridized carbons (Fsp3) is 0.0556. The molecule has 0 aliphatic heterocycles. The first-order chi connectivity index (χ1) is 13.0. The lowest BCUT2D eigenvalue weighted by atomic mass is 10.1. The molecule has 0 fully saturated rings. The molecule has 4 aromatic rings. The zero-order valence-electron chi connectivity index (χ0n) is 14.0. The van der Waals surface area contributed by atoms with Crippen LogP contribution in [0.3, 0.4) is 0 Å². The summed E-state index contributed by atoms with van der Waals surface area (Å²) < 4.78 is 5.45. The van der Waals surface area contributed by atoms with Gasteiger partial charge in [-0.2, -0.15) is 0 Å². The zero-order valence-corrected chi connectivity index (χ0v) is 14.8. The van der Waals surface area contributed by atoms with E-state index in [0.717, 1.165) is 5.56 Å². The van der Waals surface area contributed by atoms with Crippen molar-refractivity contribution in [2.45, 2.75) is 0 Å². The van der Waals surface area contributed by atoms with Crippen molar-refractivity contribution in [1.29, 1.82) is 0 Å². The first-order valence-electron chi connectivity index (χ1n) is 7.89. The molecule has 2 heterocycles. The fourth-order valence-electron chi connectivity index (χ4n) is 2.74. The predicted molar refractivity (Wildman–Crippen MR) is 101 cm³/mol. The summed E-state index contributed by atoms with van der Waals surface area (Å²) in [5.41, 5.74) is 1.78. The van der Waals surface area contributed by atoms with Crippen molar-refractivity contribution in [3.05, 3.63) is 70.0 Å². The molecule has 0 bridgehead atoms. The molecule has 0 aliphatic carbocycles. The first-order valence-corrected chi connectivity index (χ1v) is 8.27. The minimum Gasteiger partial charge on any atom is -0.338 e. The summed E-state index contributed by atoms with van der Waals surface area (Å²) in [6, 6.07) is 13.5. The van der Waals surface area contributed by atoms with Gasteiger partial charge in [-0.3, -0.25) is 15.0 Å². The summed E-state index contributed by atoms with van der Waals surface area (Å²) in [6.45, 7) is 0. The molecular formula is C18H12ClN5O3. The highest BCUT2D eigenvalue weighted by atomic mass is 35.5. The number of nitrogens with zero attached hydrogens (tertiary/aromatic N) is 5. The zero-order chi connectivity index (χ0) is 19.0. The van der Waals surface area contributed by atoms with E-state index >= 15 is 0 Å². The summed E-state index contributed by atoms with van der Waals surface area (Å²) in [7, 11) is 1.76. The van der Waals surface area contributed by atoms with E-state index in [-0.39, 0.29) is 5.69 Å². The van der Waals surface area contributed by atoms with Gasteiger partial charge in [-0.25, -0.2) is 9.97 Å². The number of benzene rings is 2. The summed E-state index contributed by atoms with van der Waals surface area (Å²) >= 11 is 6.21. The Kier molecular flexibility index (Phi) is 4.17. The number of anilines is 2. The van der Waals surface area contributed by atoms with Gasteiger partial charge in [-0.05, 0) is 12.1 Å². The summed E-state index contributed by atoms with van der Waals surface area (Å²) in [4.78, 5) is 20.6. The van der Waals surface area contributed by atoms with Crippen LogP contribution in [0.5, 0.6) is 0 Å². The minimum atomic E-state index is -0.461. The summed E-state index contributed by atoms with van der Waals surface area (Å²) in [5, 5.41) is 16.3. The van der Waals surface area contributed by atoms with Crippen LogP contribution in [0, 0.1) is 10.1 Å². The molecule has 2 aromatic heterocycles. The Balaban J connectivity index is 1.74.